The second-order valence-corrected chi connectivity index (χ2v) is 4.08. The van der Waals surface area contributed by atoms with Gasteiger partial charge >= 0.3 is 12.1 Å². The lowest BCUT2D eigenvalue weighted by Gasteiger charge is -2.29. The van der Waals surface area contributed by atoms with Crippen LogP contribution in [-0.2, 0) is 15.1 Å². The van der Waals surface area contributed by atoms with Gasteiger partial charge in [-0.1, -0.05) is 6.07 Å². The van der Waals surface area contributed by atoms with Gasteiger partial charge in [0.2, 0.25) is 0 Å². The molecule has 19 heavy (non-hydrogen) atoms. The number of benzene rings is 1. The van der Waals surface area contributed by atoms with Crippen LogP contribution in [0.2, 0.25) is 0 Å². The summed E-state index contributed by atoms with van der Waals surface area (Å²) in [6, 6.07) is 1.83. The molecular formula is C12H13F3O4. The quantitative estimate of drug-likeness (QED) is 0.811. The molecule has 1 rings (SSSR count). The van der Waals surface area contributed by atoms with Crippen molar-refractivity contribution in [2.45, 2.75) is 25.6 Å². The number of halogens is 3. The Bertz CT molecular complexity index is 510. The molecule has 0 fully saturated rings. The third-order valence-electron chi connectivity index (χ3n) is 3.04. The van der Waals surface area contributed by atoms with Crippen molar-refractivity contribution >= 4 is 5.97 Å². The first-order valence-electron chi connectivity index (χ1n) is 5.24. The molecule has 0 aliphatic heterocycles. The van der Waals surface area contributed by atoms with Gasteiger partial charge in [-0.15, -0.1) is 0 Å². The fourth-order valence-electron chi connectivity index (χ4n) is 1.72. The highest BCUT2D eigenvalue weighted by molar-refractivity contribution is 5.83. The summed E-state index contributed by atoms with van der Waals surface area (Å²) in [4.78, 5) is 11.4. The summed E-state index contributed by atoms with van der Waals surface area (Å²) < 4.78 is 43.1. The zero-order chi connectivity index (χ0) is 15.0. The lowest BCUT2D eigenvalue weighted by atomic mass is 9.87. The molecule has 1 aromatic rings. The summed E-state index contributed by atoms with van der Waals surface area (Å²) in [6.07, 6.45) is -5.24. The summed E-state index contributed by atoms with van der Waals surface area (Å²) in [7, 11) is 0.752. The molecule has 2 N–H and O–H groups in total. The molecule has 0 heterocycles. The molecule has 0 radical (unpaired) electrons. The molecule has 4 nitrogen and oxygen atoms in total. The summed E-state index contributed by atoms with van der Waals surface area (Å²) in [5, 5.41) is 19.2. The smallest absolute Gasteiger partial charge is 0.432 e. The molecule has 1 aromatic carbocycles. The van der Waals surface area contributed by atoms with E-state index in [1.54, 1.807) is 0 Å². The normalized spacial score (nSPS) is 14.9. The van der Waals surface area contributed by atoms with Gasteiger partial charge in [-0.2, -0.15) is 13.2 Å². The molecule has 0 saturated heterocycles. The number of phenolic OH excluding ortho intramolecular Hbond substituents is 1. The number of ether oxygens (including phenoxy) is 1. The molecule has 7 heteroatoms. The molecule has 0 spiro atoms. The molecule has 0 aliphatic carbocycles. The standard InChI is InChI=1S/C12H13F3O4/c1-6-7(2)9(16)5-4-8(6)11(18,10(17)19-3)12(13,14)15/h4-5,16,18H,1-3H3. The van der Waals surface area contributed by atoms with Gasteiger partial charge in [0.15, 0.2) is 0 Å². The van der Waals surface area contributed by atoms with E-state index in [1.807, 2.05) is 0 Å². The number of aliphatic hydroxyl groups is 1. The molecule has 1 atom stereocenters. The van der Waals surface area contributed by atoms with E-state index in [0.717, 1.165) is 19.2 Å². The van der Waals surface area contributed by atoms with Gasteiger partial charge in [-0.25, -0.2) is 4.79 Å². The highest BCUT2D eigenvalue weighted by Crippen LogP contribution is 2.42. The van der Waals surface area contributed by atoms with Crippen molar-refractivity contribution in [2.75, 3.05) is 7.11 Å². The van der Waals surface area contributed by atoms with Gasteiger partial charge < -0.3 is 14.9 Å². The molecule has 0 aromatic heterocycles. The monoisotopic (exact) mass is 278 g/mol. The molecular weight excluding hydrogens is 265 g/mol. The third kappa shape index (κ3) is 2.25. The van der Waals surface area contributed by atoms with Crippen LogP contribution in [0.4, 0.5) is 13.2 Å². The van der Waals surface area contributed by atoms with Gasteiger partial charge in [0.05, 0.1) is 7.11 Å². The molecule has 1 unspecified atom stereocenters. The van der Waals surface area contributed by atoms with Crippen LogP contribution >= 0.6 is 0 Å². The zero-order valence-corrected chi connectivity index (χ0v) is 10.5. The van der Waals surface area contributed by atoms with Crippen molar-refractivity contribution in [1.82, 2.24) is 0 Å². The second kappa shape index (κ2) is 4.73. The first-order chi connectivity index (χ1) is 8.57. The Morgan fingerprint density at radius 3 is 2.16 bits per heavy atom. The van der Waals surface area contributed by atoms with E-state index in [1.165, 1.54) is 13.8 Å². The molecule has 0 bridgehead atoms. The maximum atomic E-state index is 13.0. The fourth-order valence-corrected chi connectivity index (χ4v) is 1.72. The average Bonchev–Trinajstić information content (AvgIpc) is 2.32. The molecule has 0 amide bonds. The van der Waals surface area contributed by atoms with Crippen molar-refractivity contribution < 1.29 is 32.9 Å². The van der Waals surface area contributed by atoms with Crippen molar-refractivity contribution in [3.05, 3.63) is 28.8 Å². The van der Waals surface area contributed by atoms with E-state index < -0.39 is 23.3 Å². The predicted octanol–water partition coefficient (Wildman–Crippen LogP) is 1.93. The number of alkyl halides is 3. The first kappa shape index (κ1) is 15.3. The predicted molar refractivity (Wildman–Crippen MR) is 59.5 cm³/mol. The van der Waals surface area contributed by atoms with Crippen LogP contribution in [-0.4, -0.2) is 29.5 Å². The Morgan fingerprint density at radius 1 is 1.21 bits per heavy atom. The van der Waals surface area contributed by atoms with Crippen LogP contribution in [0.15, 0.2) is 12.1 Å². The number of hydrogen-bond acceptors (Lipinski definition) is 4. The summed E-state index contributed by atoms with van der Waals surface area (Å²) in [5.74, 6) is -2.05. The maximum absolute atomic E-state index is 13.0. The SMILES string of the molecule is COC(=O)C(O)(c1ccc(O)c(C)c1C)C(F)(F)F. The van der Waals surface area contributed by atoms with Gasteiger partial charge in [0.25, 0.3) is 5.60 Å². The topological polar surface area (TPSA) is 66.8 Å². The van der Waals surface area contributed by atoms with E-state index in [2.05, 4.69) is 4.74 Å². The number of methoxy groups -OCH3 is 1. The highest BCUT2D eigenvalue weighted by Gasteiger charge is 2.62. The third-order valence-corrected chi connectivity index (χ3v) is 3.04. The van der Waals surface area contributed by atoms with Crippen molar-refractivity contribution in [2.24, 2.45) is 0 Å². The molecule has 106 valence electrons. The second-order valence-electron chi connectivity index (χ2n) is 4.08. The minimum atomic E-state index is -5.24. The lowest BCUT2D eigenvalue weighted by molar-refractivity contribution is -0.267. The fraction of sp³-hybridized carbons (Fsp3) is 0.417. The number of aromatic hydroxyl groups is 1. The van der Waals surface area contributed by atoms with E-state index in [0.29, 0.717) is 0 Å². The van der Waals surface area contributed by atoms with E-state index in [-0.39, 0.29) is 16.9 Å². The van der Waals surface area contributed by atoms with Gasteiger partial charge in [0, 0.05) is 5.56 Å². The number of rotatable bonds is 2. The summed E-state index contributed by atoms with van der Waals surface area (Å²) >= 11 is 0. The Morgan fingerprint density at radius 2 is 1.74 bits per heavy atom. The molecule has 0 saturated carbocycles. The van der Waals surface area contributed by atoms with E-state index >= 15 is 0 Å². The Kier molecular flexibility index (Phi) is 3.81. The first-order valence-corrected chi connectivity index (χ1v) is 5.24. The van der Waals surface area contributed by atoms with Crippen molar-refractivity contribution in [3.8, 4) is 5.75 Å². The zero-order valence-electron chi connectivity index (χ0n) is 10.5. The van der Waals surface area contributed by atoms with Crippen LogP contribution in [0.5, 0.6) is 5.75 Å². The van der Waals surface area contributed by atoms with Gasteiger partial charge in [-0.3, -0.25) is 0 Å². The van der Waals surface area contributed by atoms with Crippen LogP contribution < -0.4 is 0 Å². The summed E-state index contributed by atoms with van der Waals surface area (Å²) in [5.41, 5.74) is -4.32. The van der Waals surface area contributed by atoms with Crippen LogP contribution in [0.25, 0.3) is 0 Å². The van der Waals surface area contributed by atoms with Crippen molar-refractivity contribution in [3.63, 3.8) is 0 Å². The number of hydrogen-bond donors (Lipinski definition) is 2. The largest absolute Gasteiger partial charge is 0.508 e. The Hall–Kier alpha value is -1.76. The van der Waals surface area contributed by atoms with Crippen LogP contribution in [0, 0.1) is 13.8 Å². The van der Waals surface area contributed by atoms with Crippen LogP contribution in [0.1, 0.15) is 16.7 Å². The minimum absolute atomic E-state index is 0.0368. The van der Waals surface area contributed by atoms with Gasteiger partial charge in [0.1, 0.15) is 5.75 Å². The number of phenols is 1. The Labute approximate surface area is 107 Å². The maximum Gasteiger partial charge on any atom is 0.432 e. The minimum Gasteiger partial charge on any atom is -0.508 e. The number of carbonyl (C=O) groups excluding carboxylic acids is 1. The van der Waals surface area contributed by atoms with Crippen molar-refractivity contribution in [1.29, 1.82) is 0 Å². The Balaban J connectivity index is 3.61. The number of esters is 1. The van der Waals surface area contributed by atoms with Gasteiger partial charge in [-0.05, 0) is 31.0 Å². The lowest BCUT2D eigenvalue weighted by Crippen LogP contribution is -2.50. The average molecular weight is 278 g/mol. The summed E-state index contributed by atoms with van der Waals surface area (Å²) in [6.45, 7) is 2.65. The molecule has 0 aliphatic rings. The number of carbonyl (C=O) groups is 1. The highest BCUT2D eigenvalue weighted by atomic mass is 19.4. The van der Waals surface area contributed by atoms with E-state index in [9.17, 15) is 28.2 Å². The van der Waals surface area contributed by atoms with E-state index in [4.69, 9.17) is 0 Å². The van der Waals surface area contributed by atoms with Crippen LogP contribution in [0.3, 0.4) is 0 Å².